The molecule has 0 atom stereocenters. The molecular formula is C20H22N4O3S. The van der Waals surface area contributed by atoms with Crippen LogP contribution in [-0.2, 0) is 17.1 Å². The van der Waals surface area contributed by atoms with E-state index in [9.17, 15) is 13.2 Å². The van der Waals surface area contributed by atoms with Gasteiger partial charge in [-0.2, -0.15) is 5.10 Å². The Balaban J connectivity index is 1.88. The summed E-state index contributed by atoms with van der Waals surface area (Å²) in [7, 11) is -2.05. The molecule has 0 fully saturated rings. The molecule has 146 valence electrons. The van der Waals surface area contributed by atoms with Crippen molar-refractivity contribution >= 4 is 27.4 Å². The topological polar surface area (TPSA) is 93.1 Å². The van der Waals surface area contributed by atoms with Gasteiger partial charge in [0, 0.05) is 30.1 Å². The number of sulfonamides is 1. The van der Waals surface area contributed by atoms with Crippen LogP contribution in [0, 0.1) is 20.8 Å². The maximum absolute atomic E-state index is 12.7. The molecule has 2 N–H and O–H groups in total. The summed E-state index contributed by atoms with van der Waals surface area (Å²) in [6.07, 6.45) is 0. The molecule has 0 aliphatic heterocycles. The summed E-state index contributed by atoms with van der Waals surface area (Å²) < 4.78 is 29.7. The molecule has 28 heavy (non-hydrogen) atoms. The maximum Gasteiger partial charge on any atom is 0.261 e. The van der Waals surface area contributed by atoms with E-state index in [-0.39, 0.29) is 10.5 Å². The van der Waals surface area contributed by atoms with Gasteiger partial charge in [0.15, 0.2) is 5.82 Å². The Morgan fingerprint density at radius 1 is 1.04 bits per heavy atom. The molecule has 0 bridgehead atoms. The lowest BCUT2D eigenvalue weighted by Gasteiger charge is -2.11. The van der Waals surface area contributed by atoms with Gasteiger partial charge in [0.05, 0.1) is 4.90 Å². The highest BCUT2D eigenvalue weighted by Gasteiger charge is 2.19. The third-order valence-electron chi connectivity index (χ3n) is 4.39. The van der Waals surface area contributed by atoms with E-state index < -0.39 is 15.9 Å². The predicted octanol–water partition coefficient (Wildman–Crippen LogP) is 3.40. The predicted molar refractivity (Wildman–Crippen MR) is 109 cm³/mol. The van der Waals surface area contributed by atoms with Crippen LogP contribution in [0.15, 0.2) is 53.4 Å². The minimum absolute atomic E-state index is 0.0157. The molecule has 0 radical (unpaired) electrons. The van der Waals surface area contributed by atoms with Gasteiger partial charge in [0.2, 0.25) is 0 Å². The standard InChI is InChI=1S/C20H22N4O3S/c1-13-6-5-7-16(10-13)23-28(26,27)17-9-8-14(2)18(12-17)20(25)21-19-11-15(3)24(4)22-19/h5-12,23H,1-4H3,(H,21,22,25). The summed E-state index contributed by atoms with van der Waals surface area (Å²) in [5, 5.41) is 6.91. The zero-order valence-electron chi connectivity index (χ0n) is 16.1. The number of anilines is 2. The quantitative estimate of drug-likeness (QED) is 0.689. The first kappa shape index (κ1) is 19.6. The monoisotopic (exact) mass is 398 g/mol. The van der Waals surface area contributed by atoms with E-state index in [0.717, 1.165) is 11.3 Å². The van der Waals surface area contributed by atoms with Gasteiger partial charge in [-0.3, -0.25) is 14.2 Å². The van der Waals surface area contributed by atoms with Crippen molar-refractivity contribution < 1.29 is 13.2 Å². The maximum atomic E-state index is 12.7. The van der Waals surface area contributed by atoms with Crippen molar-refractivity contribution in [2.75, 3.05) is 10.0 Å². The van der Waals surface area contributed by atoms with Crippen LogP contribution in [0.4, 0.5) is 11.5 Å². The Labute approximate surface area is 164 Å². The van der Waals surface area contributed by atoms with Gasteiger partial charge >= 0.3 is 0 Å². The van der Waals surface area contributed by atoms with Crippen molar-refractivity contribution in [3.63, 3.8) is 0 Å². The number of hydrogen-bond donors (Lipinski definition) is 2. The summed E-state index contributed by atoms with van der Waals surface area (Å²) in [6, 6.07) is 13.3. The number of hydrogen-bond acceptors (Lipinski definition) is 4. The van der Waals surface area contributed by atoms with E-state index in [0.29, 0.717) is 17.1 Å². The molecule has 8 heteroatoms. The Morgan fingerprint density at radius 3 is 2.43 bits per heavy atom. The second-order valence-corrected chi connectivity index (χ2v) is 8.38. The highest BCUT2D eigenvalue weighted by molar-refractivity contribution is 7.92. The molecule has 3 aromatic rings. The highest BCUT2D eigenvalue weighted by Crippen LogP contribution is 2.21. The van der Waals surface area contributed by atoms with E-state index in [1.165, 1.54) is 12.1 Å². The first-order valence-electron chi connectivity index (χ1n) is 8.68. The molecule has 0 spiro atoms. The van der Waals surface area contributed by atoms with Crippen LogP contribution < -0.4 is 10.0 Å². The molecule has 7 nitrogen and oxygen atoms in total. The normalized spacial score (nSPS) is 11.3. The Bertz CT molecular complexity index is 1130. The van der Waals surface area contributed by atoms with E-state index in [4.69, 9.17) is 0 Å². The number of aromatic nitrogens is 2. The van der Waals surface area contributed by atoms with Crippen LogP contribution in [0.3, 0.4) is 0 Å². The van der Waals surface area contributed by atoms with Gasteiger partial charge in [-0.15, -0.1) is 0 Å². The smallest absolute Gasteiger partial charge is 0.261 e. The average Bonchev–Trinajstić information content (AvgIpc) is 2.92. The molecule has 0 saturated heterocycles. The fourth-order valence-electron chi connectivity index (χ4n) is 2.74. The lowest BCUT2D eigenvalue weighted by atomic mass is 10.1. The molecule has 3 rings (SSSR count). The van der Waals surface area contributed by atoms with Crippen LogP contribution in [0.5, 0.6) is 0 Å². The third kappa shape index (κ3) is 4.23. The minimum Gasteiger partial charge on any atom is -0.305 e. The largest absolute Gasteiger partial charge is 0.305 e. The fraction of sp³-hybridized carbons (Fsp3) is 0.200. The van der Waals surface area contributed by atoms with Gasteiger partial charge in [-0.05, 0) is 56.2 Å². The molecule has 1 amide bonds. The van der Waals surface area contributed by atoms with Gasteiger partial charge in [0.25, 0.3) is 15.9 Å². The molecule has 0 saturated carbocycles. The van der Waals surface area contributed by atoms with E-state index in [1.54, 1.807) is 49.0 Å². The van der Waals surface area contributed by atoms with E-state index >= 15 is 0 Å². The van der Waals surface area contributed by atoms with E-state index in [1.807, 2.05) is 19.9 Å². The van der Waals surface area contributed by atoms with E-state index in [2.05, 4.69) is 15.1 Å². The second kappa shape index (κ2) is 7.47. The number of carbonyl (C=O) groups is 1. The minimum atomic E-state index is -3.83. The fourth-order valence-corrected chi connectivity index (χ4v) is 3.82. The molecule has 0 aliphatic rings. The van der Waals surface area contributed by atoms with Crippen LogP contribution in [-0.4, -0.2) is 24.1 Å². The van der Waals surface area contributed by atoms with Crippen molar-refractivity contribution in [3.8, 4) is 0 Å². The van der Waals surface area contributed by atoms with Crippen LogP contribution >= 0.6 is 0 Å². The summed E-state index contributed by atoms with van der Waals surface area (Å²) >= 11 is 0. The summed E-state index contributed by atoms with van der Waals surface area (Å²) in [5.74, 6) is -0.00116. The number of carbonyl (C=O) groups excluding carboxylic acids is 1. The lowest BCUT2D eigenvalue weighted by Crippen LogP contribution is -2.17. The number of benzene rings is 2. The molecule has 0 unspecified atom stereocenters. The summed E-state index contributed by atoms with van der Waals surface area (Å²) in [6.45, 7) is 5.51. The zero-order valence-corrected chi connectivity index (χ0v) is 17.0. The Kier molecular flexibility index (Phi) is 5.24. The highest BCUT2D eigenvalue weighted by atomic mass is 32.2. The van der Waals surface area contributed by atoms with Crippen LogP contribution in [0.2, 0.25) is 0 Å². The first-order chi connectivity index (χ1) is 13.2. The van der Waals surface area contributed by atoms with Gasteiger partial charge < -0.3 is 5.32 Å². The number of nitrogens with zero attached hydrogens (tertiary/aromatic N) is 2. The lowest BCUT2D eigenvalue weighted by molar-refractivity contribution is 0.102. The SMILES string of the molecule is Cc1cccc(NS(=O)(=O)c2ccc(C)c(C(=O)Nc3cc(C)n(C)n3)c2)c1. The first-order valence-corrected chi connectivity index (χ1v) is 10.2. The zero-order chi connectivity index (χ0) is 20.5. The van der Waals surface area contributed by atoms with Crippen molar-refractivity contribution in [2.24, 2.45) is 7.05 Å². The molecule has 0 aliphatic carbocycles. The van der Waals surface area contributed by atoms with Gasteiger partial charge in [0.1, 0.15) is 0 Å². The van der Waals surface area contributed by atoms with Crippen molar-refractivity contribution in [3.05, 3.63) is 70.9 Å². The Morgan fingerprint density at radius 2 is 1.79 bits per heavy atom. The van der Waals surface area contributed by atoms with Crippen LogP contribution in [0.1, 0.15) is 27.2 Å². The number of rotatable bonds is 5. The van der Waals surface area contributed by atoms with Crippen molar-refractivity contribution in [1.82, 2.24) is 9.78 Å². The molecule has 2 aromatic carbocycles. The third-order valence-corrected chi connectivity index (χ3v) is 5.77. The second-order valence-electron chi connectivity index (χ2n) is 6.70. The number of amides is 1. The summed E-state index contributed by atoms with van der Waals surface area (Å²) in [5.41, 5.74) is 3.24. The molecular weight excluding hydrogens is 376 g/mol. The number of nitrogens with one attached hydrogen (secondary N) is 2. The summed E-state index contributed by atoms with van der Waals surface area (Å²) in [4.78, 5) is 12.7. The van der Waals surface area contributed by atoms with Crippen LogP contribution in [0.25, 0.3) is 0 Å². The molecule has 1 heterocycles. The average molecular weight is 398 g/mol. The van der Waals surface area contributed by atoms with Crippen molar-refractivity contribution in [2.45, 2.75) is 25.7 Å². The van der Waals surface area contributed by atoms with Crippen molar-refractivity contribution in [1.29, 1.82) is 0 Å². The number of aryl methyl sites for hydroxylation is 4. The van der Waals surface area contributed by atoms with Gasteiger partial charge in [-0.25, -0.2) is 8.42 Å². The Hall–Kier alpha value is -3.13. The molecule has 1 aromatic heterocycles. The van der Waals surface area contributed by atoms with Gasteiger partial charge in [-0.1, -0.05) is 18.2 Å².